The van der Waals surface area contributed by atoms with Gasteiger partial charge < -0.3 is 0 Å². The largest absolute Gasteiger partial charge is 0.295 e. The quantitative estimate of drug-likeness (QED) is 0.516. The van der Waals surface area contributed by atoms with E-state index >= 15 is 0 Å². The fourth-order valence-electron chi connectivity index (χ4n) is 2.70. The number of fused-ring (bicyclic) bond motifs is 3. The molecule has 0 unspecified atom stereocenters. The molecule has 0 aliphatic rings. The van der Waals surface area contributed by atoms with Crippen LogP contribution in [-0.2, 0) is 5.88 Å². The monoisotopic (exact) mass is 293 g/mol. The molecular formula is C17H12ClN3. The van der Waals surface area contributed by atoms with Crippen molar-refractivity contribution in [2.45, 2.75) is 5.88 Å². The van der Waals surface area contributed by atoms with Gasteiger partial charge in [-0.05, 0) is 18.2 Å². The van der Waals surface area contributed by atoms with E-state index in [2.05, 4.69) is 32.7 Å². The van der Waals surface area contributed by atoms with Crippen LogP contribution in [0.15, 0.2) is 60.8 Å². The van der Waals surface area contributed by atoms with Crippen LogP contribution in [0, 0.1) is 0 Å². The third-order valence-electron chi connectivity index (χ3n) is 3.59. The van der Waals surface area contributed by atoms with Gasteiger partial charge in [0.2, 0.25) is 0 Å². The lowest BCUT2D eigenvalue weighted by Gasteiger charge is -2.09. The van der Waals surface area contributed by atoms with Gasteiger partial charge in [0, 0.05) is 11.1 Å². The van der Waals surface area contributed by atoms with Crippen LogP contribution in [0.5, 0.6) is 0 Å². The van der Waals surface area contributed by atoms with Crippen LogP contribution in [0.1, 0.15) is 5.82 Å². The Morgan fingerprint density at radius 2 is 1.67 bits per heavy atom. The lowest BCUT2D eigenvalue weighted by molar-refractivity contribution is 0.984. The summed E-state index contributed by atoms with van der Waals surface area (Å²) in [6.07, 6.45) is 1.81. The highest BCUT2D eigenvalue weighted by atomic mass is 35.5. The summed E-state index contributed by atoms with van der Waals surface area (Å²) >= 11 is 6.10. The van der Waals surface area contributed by atoms with Crippen molar-refractivity contribution in [1.29, 1.82) is 0 Å². The van der Waals surface area contributed by atoms with Gasteiger partial charge in [0.1, 0.15) is 11.3 Å². The van der Waals surface area contributed by atoms with Crippen molar-refractivity contribution < 1.29 is 0 Å². The number of para-hydroxylation sites is 2. The van der Waals surface area contributed by atoms with E-state index in [4.69, 9.17) is 11.6 Å². The Morgan fingerprint density at radius 3 is 2.48 bits per heavy atom. The van der Waals surface area contributed by atoms with Gasteiger partial charge in [-0.15, -0.1) is 11.6 Å². The Hall–Kier alpha value is -2.39. The molecule has 21 heavy (non-hydrogen) atoms. The van der Waals surface area contributed by atoms with E-state index in [1.807, 2.05) is 42.6 Å². The van der Waals surface area contributed by atoms with Crippen molar-refractivity contribution in [2.24, 2.45) is 0 Å². The molecule has 0 amide bonds. The molecule has 0 aliphatic carbocycles. The minimum atomic E-state index is 0.359. The molecule has 3 nitrogen and oxygen atoms in total. The Balaban J connectivity index is 2.19. The maximum atomic E-state index is 6.10. The molecule has 0 bridgehead atoms. The van der Waals surface area contributed by atoms with E-state index in [0.29, 0.717) is 5.88 Å². The highest BCUT2D eigenvalue weighted by Gasteiger charge is 2.14. The average Bonchev–Trinajstić information content (AvgIpc) is 2.94. The highest BCUT2D eigenvalue weighted by molar-refractivity contribution is 6.17. The molecule has 2 aromatic carbocycles. The van der Waals surface area contributed by atoms with Crippen LogP contribution < -0.4 is 0 Å². The summed E-state index contributed by atoms with van der Waals surface area (Å²) in [6.45, 7) is 0. The lowest BCUT2D eigenvalue weighted by atomic mass is 10.2. The first-order chi connectivity index (χ1) is 10.4. The molecule has 0 spiro atoms. The van der Waals surface area contributed by atoms with E-state index in [0.717, 1.165) is 33.4 Å². The van der Waals surface area contributed by atoms with Gasteiger partial charge in [-0.3, -0.25) is 9.55 Å². The van der Waals surface area contributed by atoms with Gasteiger partial charge >= 0.3 is 0 Å². The van der Waals surface area contributed by atoms with Crippen LogP contribution in [0.3, 0.4) is 0 Å². The smallest absolute Gasteiger partial charge is 0.129 e. The molecule has 0 saturated carbocycles. The van der Waals surface area contributed by atoms with Gasteiger partial charge in [-0.25, -0.2) is 4.98 Å². The summed E-state index contributed by atoms with van der Waals surface area (Å²) in [4.78, 5) is 9.10. The maximum absolute atomic E-state index is 6.10. The van der Waals surface area contributed by atoms with Crippen LogP contribution >= 0.6 is 11.6 Å². The molecule has 2 heterocycles. The summed E-state index contributed by atoms with van der Waals surface area (Å²) in [7, 11) is 0. The van der Waals surface area contributed by atoms with Crippen LogP contribution in [0.4, 0.5) is 0 Å². The van der Waals surface area contributed by atoms with Crippen molar-refractivity contribution >= 4 is 33.5 Å². The summed E-state index contributed by atoms with van der Waals surface area (Å²) in [5.74, 6) is 1.19. The topological polar surface area (TPSA) is 30.7 Å². The van der Waals surface area contributed by atoms with Crippen LogP contribution in [-0.4, -0.2) is 14.5 Å². The number of alkyl halides is 1. The second-order valence-electron chi connectivity index (χ2n) is 4.84. The summed E-state index contributed by atoms with van der Waals surface area (Å²) in [6, 6.07) is 18.3. The first kappa shape index (κ1) is 12.4. The predicted molar refractivity (Wildman–Crippen MR) is 85.9 cm³/mol. The third-order valence-corrected chi connectivity index (χ3v) is 3.83. The van der Waals surface area contributed by atoms with E-state index in [1.54, 1.807) is 0 Å². The van der Waals surface area contributed by atoms with Crippen molar-refractivity contribution in [1.82, 2.24) is 14.5 Å². The first-order valence-electron chi connectivity index (χ1n) is 6.75. The minimum Gasteiger partial charge on any atom is -0.295 e. The summed E-state index contributed by atoms with van der Waals surface area (Å²) < 4.78 is 2.12. The van der Waals surface area contributed by atoms with Gasteiger partial charge in [0.25, 0.3) is 0 Å². The summed E-state index contributed by atoms with van der Waals surface area (Å²) in [5.41, 5.74) is 3.95. The predicted octanol–water partition coefficient (Wildman–Crippen LogP) is 4.31. The van der Waals surface area contributed by atoms with E-state index in [1.165, 1.54) is 0 Å². The van der Waals surface area contributed by atoms with Crippen molar-refractivity contribution in [3.63, 3.8) is 0 Å². The standard InChI is InChI=1S/C17H12ClN3/c18-10-16-20-15-11-19-14-9-5-4-8-13(14)17(15)21(16)12-6-2-1-3-7-12/h1-9,11H,10H2. The molecule has 0 saturated heterocycles. The number of halogens is 1. The van der Waals surface area contributed by atoms with Gasteiger partial charge in [-0.1, -0.05) is 36.4 Å². The Labute approximate surface area is 126 Å². The maximum Gasteiger partial charge on any atom is 0.129 e. The molecular weight excluding hydrogens is 282 g/mol. The van der Waals surface area contributed by atoms with E-state index < -0.39 is 0 Å². The zero-order chi connectivity index (χ0) is 14.2. The Bertz CT molecular complexity index is 929. The number of imidazole rings is 1. The first-order valence-corrected chi connectivity index (χ1v) is 7.28. The van der Waals surface area contributed by atoms with Crippen molar-refractivity contribution in [2.75, 3.05) is 0 Å². The summed E-state index contributed by atoms with van der Waals surface area (Å²) in [5, 5.41) is 1.09. The second kappa shape index (κ2) is 4.86. The normalized spacial score (nSPS) is 11.3. The molecule has 2 aromatic heterocycles. The fourth-order valence-corrected chi connectivity index (χ4v) is 2.88. The zero-order valence-corrected chi connectivity index (χ0v) is 12.0. The Kier molecular flexibility index (Phi) is 2.86. The lowest BCUT2D eigenvalue weighted by Crippen LogP contribution is -1.99. The molecule has 0 radical (unpaired) electrons. The number of rotatable bonds is 2. The molecule has 4 aromatic rings. The molecule has 0 atom stereocenters. The average molecular weight is 294 g/mol. The Morgan fingerprint density at radius 1 is 0.905 bits per heavy atom. The minimum absolute atomic E-state index is 0.359. The number of hydrogen-bond acceptors (Lipinski definition) is 2. The van der Waals surface area contributed by atoms with E-state index in [-0.39, 0.29) is 0 Å². The van der Waals surface area contributed by atoms with Crippen LogP contribution in [0.2, 0.25) is 0 Å². The third kappa shape index (κ3) is 1.89. The van der Waals surface area contributed by atoms with Gasteiger partial charge in [0.05, 0.1) is 23.1 Å². The number of nitrogens with zero attached hydrogens (tertiary/aromatic N) is 3. The molecule has 4 rings (SSSR count). The number of hydrogen-bond donors (Lipinski definition) is 0. The van der Waals surface area contributed by atoms with Crippen molar-refractivity contribution in [3.8, 4) is 5.69 Å². The van der Waals surface area contributed by atoms with Gasteiger partial charge in [0.15, 0.2) is 0 Å². The van der Waals surface area contributed by atoms with E-state index in [9.17, 15) is 0 Å². The SMILES string of the molecule is ClCc1nc2cnc3ccccc3c2n1-c1ccccc1. The van der Waals surface area contributed by atoms with Gasteiger partial charge in [-0.2, -0.15) is 0 Å². The number of pyridine rings is 1. The zero-order valence-electron chi connectivity index (χ0n) is 11.2. The molecule has 4 heteroatoms. The second-order valence-corrected chi connectivity index (χ2v) is 5.11. The molecule has 0 N–H and O–H groups in total. The molecule has 0 fully saturated rings. The number of benzene rings is 2. The van der Waals surface area contributed by atoms with Crippen LogP contribution in [0.25, 0.3) is 27.6 Å². The molecule has 0 aliphatic heterocycles. The molecule has 102 valence electrons. The van der Waals surface area contributed by atoms with Crippen molar-refractivity contribution in [3.05, 3.63) is 66.6 Å². The number of aromatic nitrogens is 3. The highest BCUT2D eigenvalue weighted by Crippen LogP contribution is 2.28. The fraction of sp³-hybridized carbons (Fsp3) is 0.0588.